The van der Waals surface area contributed by atoms with Crippen molar-refractivity contribution in [3.8, 4) is 0 Å². The summed E-state index contributed by atoms with van der Waals surface area (Å²) in [6, 6.07) is 0. The highest BCUT2D eigenvalue weighted by molar-refractivity contribution is 5.06. The Morgan fingerprint density at radius 3 is 2.06 bits per heavy atom. The summed E-state index contributed by atoms with van der Waals surface area (Å²) in [6.07, 6.45) is 3.43. The van der Waals surface area contributed by atoms with E-state index in [0.717, 1.165) is 35.5 Å². The molecule has 0 spiro atoms. The smallest absolute Gasteiger partial charge is 0.100 e. The molecule has 0 aliphatic heterocycles. The third kappa shape index (κ3) is 1.91. The number of ether oxygens (including phenoxy) is 1. The van der Waals surface area contributed by atoms with Crippen molar-refractivity contribution in [3.63, 3.8) is 0 Å². The van der Waals surface area contributed by atoms with Gasteiger partial charge in [0.1, 0.15) is 6.10 Å². The van der Waals surface area contributed by atoms with E-state index in [1.54, 1.807) is 0 Å². The van der Waals surface area contributed by atoms with Crippen molar-refractivity contribution in [2.75, 3.05) is 13.2 Å². The maximum absolute atomic E-state index is 9.35. The highest BCUT2D eigenvalue weighted by Crippen LogP contribution is 2.63. The minimum absolute atomic E-state index is 0.196. The van der Waals surface area contributed by atoms with Crippen molar-refractivity contribution >= 4 is 0 Å². The molecule has 18 heavy (non-hydrogen) atoms. The summed E-state index contributed by atoms with van der Waals surface area (Å²) in [7, 11) is 0. The first-order chi connectivity index (χ1) is 8.61. The summed E-state index contributed by atoms with van der Waals surface area (Å²) < 4.78 is 5.78. The van der Waals surface area contributed by atoms with Crippen LogP contribution < -0.4 is 0 Å². The van der Waals surface area contributed by atoms with Crippen LogP contribution in [0.15, 0.2) is 0 Å². The van der Waals surface area contributed by atoms with Crippen LogP contribution in [0.5, 0.6) is 0 Å². The molecule has 0 saturated heterocycles. The third-order valence-corrected chi connectivity index (χ3v) is 6.18. The molecule has 3 saturated carbocycles. The van der Waals surface area contributed by atoms with Gasteiger partial charge in [0, 0.05) is 0 Å². The molecular weight excluding hydrogens is 228 g/mol. The van der Waals surface area contributed by atoms with E-state index in [1.165, 1.54) is 19.3 Å². The average Bonchev–Trinajstić information content (AvgIpc) is 2.98. The van der Waals surface area contributed by atoms with Crippen LogP contribution in [-0.4, -0.2) is 35.6 Å². The van der Waals surface area contributed by atoms with Gasteiger partial charge < -0.3 is 14.9 Å². The minimum atomic E-state index is -0.708. The average molecular weight is 254 g/mol. The molecule has 2 bridgehead atoms. The highest BCUT2D eigenvalue weighted by atomic mass is 16.5. The van der Waals surface area contributed by atoms with Gasteiger partial charge in [0.05, 0.1) is 19.3 Å². The SMILES string of the molecule is CC1C(C)C2CC1C1CC(OCC(O)CO)CC21. The zero-order valence-electron chi connectivity index (χ0n) is 11.5. The van der Waals surface area contributed by atoms with Crippen LogP contribution in [-0.2, 0) is 4.74 Å². The lowest BCUT2D eigenvalue weighted by atomic mass is 9.71. The van der Waals surface area contributed by atoms with Gasteiger partial charge >= 0.3 is 0 Å². The Morgan fingerprint density at radius 2 is 1.56 bits per heavy atom. The molecule has 3 rings (SSSR count). The molecule has 0 aromatic heterocycles. The van der Waals surface area contributed by atoms with Crippen molar-refractivity contribution in [2.45, 2.75) is 45.3 Å². The van der Waals surface area contributed by atoms with E-state index in [2.05, 4.69) is 13.8 Å². The van der Waals surface area contributed by atoms with E-state index in [-0.39, 0.29) is 6.61 Å². The Morgan fingerprint density at radius 1 is 1.00 bits per heavy atom. The normalized spacial score (nSPS) is 51.7. The first-order valence-electron chi connectivity index (χ1n) is 7.52. The molecular formula is C15H26O3. The largest absolute Gasteiger partial charge is 0.394 e. The molecule has 3 aliphatic carbocycles. The van der Waals surface area contributed by atoms with E-state index >= 15 is 0 Å². The fraction of sp³-hybridized carbons (Fsp3) is 1.00. The summed E-state index contributed by atoms with van der Waals surface area (Å²) in [5.74, 6) is 5.36. The second-order valence-electron chi connectivity index (χ2n) is 6.87. The minimum Gasteiger partial charge on any atom is -0.394 e. The number of aliphatic hydroxyl groups excluding tert-OH is 2. The molecule has 7 atom stereocenters. The number of hydrogen-bond donors (Lipinski definition) is 2. The first-order valence-corrected chi connectivity index (χ1v) is 7.52. The fourth-order valence-corrected chi connectivity index (χ4v) is 5.13. The Kier molecular flexibility index (Phi) is 3.41. The lowest BCUT2D eigenvalue weighted by Gasteiger charge is -2.34. The Bertz CT molecular complexity index is 284. The lowest BCUT2D eigenvalue weighted by molar-refractivity contribution is -0.0293. The zero-order chi connectivity index (χ0) is 12.9. The van der Waals surface area contributed by atoms with Crippen LogP contribution >= 0.6 is 0 Å². The monoisotopic (exact) mass is 254 g/mol. The van der Waals surface area contributed by atoms with Gasteiger partial charge in [0.2, 0.25) is 0 Å². The van der Waals surface area contributed by atoms with Gasteiger partial charge in [-0.05, 0) is 54.8 Å². The van der Waals surface area contributed by atoms with Crippen LogP contribution in [0, 0.1) is 35.5 Å². The van der Waals surface area contributed by atoms with Gasteiger partial charge in [-0.15, -0.1) is 0 Å². The lowest BCUT2D eigenvalue weighted by Crippen LogP contribution is -2.28. The van der Waals surface area contributed by atoms with Gasteiger partial charge in [-0.25, -0.2) is 0 Å². The maximum atomic E-state index is 9.35. The summed E-state index contributed by atoms with van der Waals surface area (Å²) >= 11 is 0. The molecule has 3 fully saturated rings. The second-order valence-corrected chi connectivity index (χ2v) is 6.87. The predicted octanol–water partition coefficient (Wildman–Crippen LogP) is 1.67. The van der Waals surface area contributed by atoms with Crippen LogP contribution in [0.1, 0.15) is 33.1 Å². The van der Waals surface area contributed by atoms with Crippen LogP contribution in [0.3, 0.4) is 0 Å². The van der Waals surface area contributed by atoms with Gasteiger partial charge in [0.25, 0.3) is 0 Å². The molecule has 0 heterocycles. The van der Waals surface area contributed by atoms with Crippen LogP contribution in [0.2, 0.25) is 0 Å². The van der Waals surface area contributed by atoms with Crippen molar-refractivity contribution in [1.82, 2.24) is 0 Å². The number of rotatable bonds is 4. The third-order valence-electron chi connectivity index (χ3n) is 6.18. The molecule has 3 heteroatoms. The van der Waals surface area contributed by atoms with E-state index in [9.17, 15) is 5.11 Å². The van der Waals surface area contributed by atoms with Gasteiger partial charge in [-0.3, -0.25) is 0 Å². The van der Waals surface area contributed by atoms with E-state index in [1.807, 2.05) is 0 Å². The molecule has 0 radical (unpaired) electrons. The second kappa shape index (κ2) is 4.77. The molecule has 3 nitrogen and oxygen atoms in total. The number of hydrogen-bond acceptors (Lipinski definition) is 3. The van der Waals surface area contributed by atoms with E-state index in [0.29, 0.717) is 12.7 Å². The zero-order valence-corrected chi connectivity index (χ0v) is 11.5. The van der Waals surface area contributed by atoms with Crippen molar-refractivity contribution in [3.05, 3.63) is 0 Å². The number of fused-ring (bicyclic) bond motifs is 5. The van der Waals surface area contributed by atoms with Crippen LogP contribution in [0.4, 0.5) is 0 Å². The topological polar surface area (TPSA) is 49.7 Å². The fourth-order valence-electron chi connectivity index (χ4n) is 5.13. The summed E-state index contributed by atoms with van der Waals surface area (Å²) in [5, 5.41) is 18.2. The first kappa shape index (κ1) is 12.9. The van der Waals surface area contributed by atoms with Crippen molar-refractivity contribution < 1.29 is 14.9 Å². The molecule has 7 unspecified atom stereocenters. The van der Waals surface area contributed by atoms with Crippen LogP contribution in [0.25, 0.3) is 0 Å². The Hall–Kier alpha value is -0.120. The molecule has 3 aliphatic rings. The summed E-state index contributed by atoms with van der Waals surface area (Å²) in [5.41, 5.74) is 0. The Labute approximate surface area is 110 Å². The van der Waals surface area contributed by atoms with E-state index in [4.69, 9.17) is 9.84 Å². The molecule has 0 aromatic carbocycles. The standard InChI is InChI=1S/C15H26O3/c1-8-9(2)13-5-12(8)14-3-11(4-15(13)14)18-7-10(17)6-16/h8-17H,3-7H2,1-2H3. The summed E-state index contributed by atoms with van der Waals surface area (Å²) in [4.78, 5) is 0. The van der Waals surface area contributed by atoms with Crippen molar-refractivity contribution in [1.29, 1.82) is 0 Å². The van der Waals surface area contributed by atoms with Gasteiger partial charge in [-0.1, -0.05) is 13.8 Å². The van der Waals surface area contributed by atoms with Gasteiger partial charge in [-0.2, -0.15) is 0 Å². The molecule has 104 valence electrons. The Balaban J connectivity index is 1.57. The van der Waals surface area contributed by atoms with E-state index < -0.39 is 6.10 Å². The quantitative estimate of drug-likeness (QED) is 0.802. The molecule has 0 aromatic rings. The predicted molar refractivity (Wildman–Crippen MR) is 69.0 cm³/mol. The highest BCUT2D eigenvalue weighted by Gasteiger charge is 2.57. The summed E-state index contributed by atoms with van der Waals surface area (Å²) in [6.45, 7) is 4.95. The molecule has 0 amide bonds. The molecule has 2 N–H and O–H groups in total. The van der Waals surface area contributed by atoms with Gasteiger partial charge in [0.15, 0.2) is 0 Å². The van der Waals surface area contributed by atoms with Crippen molar-refractivity contribution in [2.24, 2.45) is 35.5 Å². The number of aliphatic hydroxyl groups is 2. The maximum Gasteiger partial charge on any atom is 0.100 e.